The van der Waals surface area contributed by atoms with Gasteiger partial charge in [0.05, 0.1) is 29.9 Å². The number of aromatic nitrogens is 2. The normalized spacial score (nSPS) is 14.8. The van der Waals surface area contributed by atoms with Crippen molar-refractivity contribution in [2.75, 3.05) is 51.8 Å². The summed E-state index contributed by atoms with van der Waals surface area (Å²) < 4.78 is 92.9. The highest BCUT2D eigenvalue weighted by atomic mass is 19.4. The summed E-state index contributed by atoms with van der Waals surface area (Å²) in [6.07, 6.45) is -8.86. The van der Waals surface area contributed by atoms with Gasteiger partial charge in [0.1, 0.15) is 11.3 Å². The number of anilines is 1. The van der Waals surface area contributed by atoms with Gasteiger partial charge in [-0.15, -0.1) is 0 Å². The van der Waals surface area contributed by atoms with Crippen LogP contribution in [0.3, 0.4) is 0 Å². The number of nitrogens with zero attached hydrogens (tertiary/aromatic N) is 4. The predicted molar refractivity (Wildman–Crippen MR) is 151 cm³/mol. The molecule has 0 spiro atoms. The maximum Gasteiger partial charge on any atom is 0.416 e. The van der Waals surface area contributed by atoms with Crippen molar-refractivity contribution in [3.63, 3.8) is 0 Å². The monoisotopic (exact) mass is 625 g/mol. The predicted octanol–water partition coefficient (Wildman–Crippen LogP) is 6.37. The summed E-state index contributed by atoms with van der Waals surface area (Å²) in [5, 5.41) is 3.10. The summed E-state index contributed by atoms with van der Waals surface area (Å²) in [4.78, 5) is 25.7. The summed E-state index contributed by atoms with van der Waals surface area (Å²) >= 11 is 0. The molecule has 4 rings (SSSR count). The van der Waals surface area contributed by atoms with Crippen LogP contribution in [0.4, 0.5) is 32.3 Å². The van der Waals surface area contributed by atoms with Crippen LogP contribution in [0.1, 0.15) is 46.5 Å². The number of aryl methyl sites for hydroxylation is 1. The van der Waals surface area contributed by atoms with Crippen LogP contribution in [0, 0.1) is 6.92 Å². The number of alkyl halides is 6. The fourth-order valence-corrected chi connectivity index (χ4v) is 4.54. The van der Waals surface area contributed by atoms with Crippen molar-refractivity contribution in [2.24, 2.45) is 0 Å². The quantitative estimate of drug-likeness (QED) is 0.277. The van der Waals surface area contributed by atoms with Crippen LogP contribution >= 0.6 is 0 Å². The molecule has 8 nitrogen and oxygen atoms in total. The Kier molecular flexibility index (Phi) is 9.74. The second-order valence-corrected chi connectivity index (χ2v) is 10.9. The van der Waals surface area contributed by atoms with Gasteiger partial charge in [-0.25, -0.2) is 4.98 Å². The molecule has 0 aliphatic carbocycles. The number of para-hydroxylation sites is 1. The lowest BCUT2D eigenvalue weighted by Gasteiger charge is -2.37. The molecule has 1 aliphatic heterocycles. The minimum atomic E-state index is -5.04. The number of carbonyl (C=O) groups excluding carboxylic acids is 1. The summed E-state index contributed by atoms with van der Waals surface area (Å²) in [5.41, 5.74) is -4.34. The Morgan fingerprint density at radius 2 is 1.59 bits per heavy atom. The lowest BCUT2D eigenvalue weighted by molar-refractivity contribution is -0.143. The standard InChI is InChI=1S/C30H33F6N5O3/c1-19-7-5-6-8-24(19)44-25-23(18-38-27(39-25)37-9-10-41-11-13-43-14-12-41)26(42)40(4)28(2,3)20-15-21(29(31,32)33)17-22(16-20)30(34,35)36/h5-8,15-18H,9-14H2,1-4H3,(H,37,38,39). The molecule has 1 N–H and O–H groups in total. The molecule has 3 aromatic rings. The molecule has 2 heterocycles. The number of halogens is 6. The number of nitrogens with one attached hydrogen (secondary N) is 1. The summed E-state index contributed by atoms with van der Waals surface area (Å²) in [5.74, 6) is -0.331. The van der Waals surface area contributed by atoms with E-state index < -0.39 is 34.9 Å². The zero-order valence-corrected chi connectivity index (χ0v) is 24.6. The molecule has 0 unspecified atom stereocenters. The van der Waals surface area contributed by atoms with E-state index in [1.54, 1.807) is 31.2 Å². The largest absolute Gasteiger partial charge is 0.438 e. The first-order chi connectivity index (χ1) is 20.6. The minimum absolute atomic E-state index is 0.0498. The number of rotatable bonds is 9. The molecule has 2 aromatic carbocycles. The maximum atomic E-state index is 13.8. The van der Waals surface area contributed by atoms with Gasteiger partial charge in [-0.05, 0) is 56.2 Å². The lowest BCUT2D eigenvalue weighted by Crippen LogP contribution is -2.43. The number of carbonyl (C=O) groups is 1. The molecule has 0 saturated carbocycles. The smallest absolute Gasteiger partial charge is 0.416 e. The van der Waals surface area contributed by atoms with Crippen LogP contribution in [-0.2, 0) is 22.6 Å². The van der Waals surface area contributed by atoms with Gasteiger partial charge in [-0.3, -0.25) is 9.69 Å². The van der Waals surface area contributed by atoms with Crippen LogP contribution in [-0.4, -0.2) is 72.1 Å². The summed E-state index contributed by atoms with van der Waals surface area (Å²) in [6, 6.07) is 8.27. The van der Waals surface area contributed by atoms with Gasteiger partial charge in [0.25, 0.3) is 5.91 Å². The van der Waals surface area contributed by atoms with Crippen molar-refractivity contribution in [3.05, 3.63) is 76.5 Å². The number of morpholine rings is 1. The minimum Gasteiger partial charge on any atom is -0.438 e. The molecule has 1 aliphatic rings. The third-order valence-corrected chi connectivity index (χ3v) is 7.54. The Morgan fingerprint density at radius 3 is 2.18 bits per heavy atom. The Labute approximate surface area is 251 Å². The molecule has 0 radical (unpaired) electrons. The first-order valence-electron chi connectivity index (χ1n) is 13.8. The Hall–Kier alpha value is -3.91. The molecule has 44 heavy (non-hydrogen) atoms. The van der Waals surface area contributed by atoms with E-state index in [1.807, 2.05) is 0 Å². The van der Waals surface area contributed by atoms with Gasteiger partial charge in [-0.2, -0.15) is 31.3 Å². The van der Waals surface area contributed by atoms with Crippen LogP contribution in [0.25, 0.3) is 0 Å². The van der Waals surface area contributed by atoms with E-state index in [1.165, 1.54) is 27.1 Å². The highest BCUT2D eigenvalue weighted by molar-refractivity contribution is 5.96. The second-order valence-electron chi connectivity index (χ2n) is 10.9. The van der Waals surface area contributed by atoms with Gasteiger partial charge < -0.3 is 19.7 Å². The molecule has 1 amide bonds. The number of ether oxygens (including phenoxy) is 2. The number of amides is 1. The van der Waals surface area contributed by atoms with Crippen LogP contribution in [0.5, 0.6) is 11.6 Å². The zero-order valence-electron chi connectivity index (χ0n) is 24.6. The second kappa shape index (κ2) is 13.0. The number of hydrogen-bond acceptors (Lipinski definition) is 7. The highest BCUT2D eigenvalue weighted by Gasteiger charge is 2.40. The van der Waals surface area contributed by atoms with Crippen molar-refractivity contribution in [1.29, 1.82) is 0 Å². The lowest BCUT2D eigenvalue weighted by atomic mass is 9.89. The molecule has 0 atom stereocenters. The van der Waals surface area contributed by atoms with Crippen LogP contribution in [0.2, 0.25) is 0 Å². The van der Waals surface area contributed by atoms with E-state index in [2.05, 4.69) is 20.2 Å². The first-order valence-corrected chi connectivity index (χ1v) is 13.8. The summed E-state index contributed by atoms with van der Waals surface area (Å²) in [7, 11) is 1.28. The molecule has 14 heteroatoms. The maximum absolute atomic E-state index is 13.8. The number of hydrogen-bond donors (Lipinski definition) is 1. The first kappa shape index (κ1) is 33.0. The van der Waals surface area contributed by atoms with E-state index in [4.69, 9.17) is 9.47 Å². The summed E-state index contributed by atoms with van der Waals surface area (Å²) in [6.45, 7) is 8.53. The Bertz CT molecular complexity index is 1440. The van der Waals surface area contributed by atoms with E-state index >= 15 is 0 Å². The van der Waals surface area contributed by atoms with E-state index in [0.29, 0.717) is 44.2 Å². The van der Waals surface area contributed by atoms with Gasteiger partial charge in [0, 0.05) is 39.4 Å². The van der Waals surface area contributed by atoms with Crippen molar-refractivity contribution >= 4 is 11.9 Å². The van der Waals surface area contributed by atoms with Gasteiger partial charge in [-0.1, -0.05) is 18.2 Å². The highest BCUT2D eigenvalue weighted by Crippen LogP contribution is 2.40. The SMILES string of the molecule is Cc1ccccc1Oc1nc(NCCN2CCOCC2)ncc1C(=O)N(C)C(C)(C)c1cc(C(F)(F)F)cc(C(F)(F)F)c1. The molecular formula is C30H33F6N5O3. The van der Waals surface area contributed by atoms with Crippen LogP contribution in [0.15, 0.2) is 48.7 Å². The van der Waals surface area contributed by atoms with Crippen molar-refractivity contribution in [1.82, 2.24) is 19.8 Å². The molecule has 238 valence electrons. The average molecular weight is 626 g/mol. The van der Waals surface area contributed by atoms with Gasteiger partial charge in [0.2, 0.25) is 11.8 Å². The fourth-order valence-electron chi connectivity index (χ4n) is 4.54. The average Bonchev–Trinajstić information content (AvgIpc) is 2.97. The van der Waals surface area contributed by atoms with E-state index in [-0.39, 0.29) is 29.0 Å². The Morgan fingerprint density at radius 1 is 1.00 bits per heavy atom. The third-order valence-electron chi connectivity index (χ3n) is 7.54. The molecule has 1 fully saturated rings. The van der Waals surface area contributed by atoms with E-state index in [0.717, 1.165) is 23.6 Å². The van der Waals surface area contributed by atoms with Gasteiger partial charge >= 0.3 is 12.4 Å². The molecule has 1 aromatic heterocycles. The van der Waals surface area contributed by atoms with Gasteiger partial charge in [0.15, 0.2) is 0 Å². The van der Waals surface area contributed by atoms with E-state index in [9.17, 15) is 31.1 Å². The topological polar surface area (TPSA) is 79.8 Å². The molecular weight excluding hydrogens is 592 g/mol. The molecule has 0 bridgehead atoms. The van der Waals surface area contributed by atoms with Crippen molar-refractivity contribution in [3.8, 4) is 11.6 Å². The Balaban J connectivity index is 1.66. The van der Waals surface area contributed by atoms with Crippen molar-refractivity contribution in [2.45, 2.75) is 38.7 Å². The molecule has 1 saturated heterocycles. The third kappa shape index (κ3) is 7.78. The fraction of sp³-hybridized carbons (Fsp3) is 0.433. The zero-order chi connectivity index (χ0) is 32.3. The van der Waals surface area contributed by atoms with Crippen molar-refractivity contribution < 1.29 is 40.6 Å². The van der Waals surface area contributed by atoms with Crippen LogP contribution < -0.4 is 10.1 Å². The number of benzene rings is 2.